The van der Waals surface area contributed by atoms with E-state index in [2.05, 4.69) is 10.2 Å². The number of aromatic nitrogens is 1. The van der Waals surface area contributed by atoms with Crippen LogP contribution >= 0.6 is 23.2 Å². The summed E-state index contributed by atoms with van der Waals surface area (Å²) in [6.45, 7) is 0. The minimum absolute atomic E-state index is 0.546. The summed E-state index contributed by atoms with van der Waals surface area (Å²) in [5.41, 5.74) is 0.578. The third-order valence-electron chi connectivity index (χ3n) is 2.04. The molecule has 1 heterocycles. The van der Waals surface area contributed by atoms with Crippen molar-refractivity contribution in [3.8, 4) is 0 Å². The average Bonchev–Trinajstić information content (AvgIpc) is 2.27. The van der Waals surface area contributed by atoms with Crippen molar-refractivity contribution in [1.29, 1.82) is 0 Å². The van der Waals surface area contributed by atoms with Crippen molar-refractivity contribution in [2.45, 2.75) is 5.50 Å². The van der Waals surface area contributed by atoms with Gasteiger partial charge in [0.25, 0.3) is 0 Å². The molecule has 2 rings (SSSR count). The fourth-order valence-electron chi connectivity index (χ4n) is 1.33. The highest BCUT2D eigenvalue weighted by Gasteiger charge is 2.08. The third kappa shape index (κ3) is 2.08. The van der Waals surface area contributed by atoms with Gasteiger partial charge in [-0.05, 0) is 28.9 Å². The molecule has 0 radical (unpaired) electrons. The molecule has 1 unspecified atom stereocenters. The van der Waals surface area contributed by atoms with Gasteiger partial charge in [-0.1, -0.05) is 29.3 Å². The number of halogens is 2. The van der Waals surface area contributed by atoms with E-state index in [1.54, 1.807) is 30.5 Å². The Morgan fingerprint density at radius 2 is 2.13 bits per heavy atom. The average molecular weight is 241 g/mol. The number of benzene rings is 1. The lowest BCUT2D eigenvalue weighted by Crippen LogP contribution is -1.86. The summed E-state index contributed by atoms with van der Waals surface area (Å²) in [4.78, 5) is 14.4. The standard InChI is InChI=1S/C10H6Cl2N2O/c11-8-4-7-3-6(10(12)14-15)1-2-9(7)13-5-8/h1-5,10H. The zero-order valence-electron chi connectivity index (χ0n) is 7.52. The lowest BCUT2D eigenvalue weighted by atomic mass is 10.1. The SMILES string of the molecule is O=NC(Cl)c1ccc2ncc(Cl)cc2c1. The number of hydrogen-bond acceptors (Lipinski definition) is 3. The van der Waals surface area contributed by atoms with E-state index in [-0.39, 0.29) is 0 Å². The largest absolute Gasteiger partial charge is 0.255 e. The Labute approximate surface area is 96.0 Å². The van der Waals surface area contributed by atoms with Gasteiger partial charge >= 0.3 is 0 Å². The van der Waals surface area contributed by atoms with Gasteiger partial charge in [0.1, 0.15) is 0 Å². The summed E-state index contributed by atoms with van der Waals surface area (Å²) in [6, 6.07) is 7.03. The molecule has 0 bridgehead atoms. The zero-order valence-corrected chi connectivity index (χ0v) is 9.03. The van der Waals surface area contributed by atoms with Crippen LogP contribution in [0.3, 0.4) is 0 Å². The van der Waals surface area contributed by atoms with E-state index in [1.165, 1.54) is 0 Å². The van der Waals surface area contributed by atoms with Crippen LogP contribution in [0, 0.1) is 4.91 Å². The maximum Gasteiger partial charge on any atom is 0.190 e. The second-order valence-corrected chi connectivity index (χ2v) is 3.90. The first-order valence-corrected chi connectivity index (χ1v) is 5.04. The topological polar surface area (TPSA) is 42.3 Å². The van der Waals surface area contributed by atoms with Gasteiger partial charge in [-0.2, -0.15) is 0 Å². The molecule has 0 N–H and O–H groups in total. The first-order valence-electron chi connectivity index (χ1n) is 4.22. The monoisotopic (exact) mass is 240 g/mol. The number of pyridine rings is 1. The van der Waals surface area contributed by atoms with Gasteiger partial charge < -0.3 is 0 Å². The summed E-state index contributed by atoms with van der Waals surface area (Å²) in [5.74, 6) is 0. The second kappa shape index (κ2) is 4.13. The molecule has 0 aliphatic heterocycles. The fraction of sp³-hybridized carbons (Fsp3) is 0.100. The molecule has 0 aliphatic rings. The molecule has 3 nitrogen and oxygen atoms in total. The molecule has 5 heteroatoms. The van der Waals surface area contributed by atoms with E-state index in [4.69, 9.17) is 23.2 Å². The minimum Gasteiger partial charge on any atom is -0.255 e. The molecule has 0 saturated heterocycles. The van der Waals surface area contributed by atoms with Gasteiger partial charge in [0, 0.05) is 11.6 Å². The number of nitroso groups, excluding NO2 is 1. The number of rotatable bonds is 2. The van der Waals surface area contributed by atoms with Crippen LogP contribution in [0.4, 0.5) is 0 Å². The minimum atomic E-state index is -0.867. The Morgan fingerprint density at radius 1 is 1.33 bits per heavy atom. The van der Waals surface area contributed by atoms with E-state index < -0.39 is 5.50 Å². The van der Waals surface area contributed by atoms with Crippen LogP contribution in [0.5, 0.6) is 0 Å². The second-order valence-electron chi connectivity index (χ2n) is 3.05. The molecule has 0 aliphatic carbocycles. The van der Waals surface area contributed by atoms with Gasteiger partial charge in [0.05, 0.1) is 10.5 Å². The number of nitrogens with zero attached hydrogens (tertiary/aromatic N) is 2. The van der Waals surface area contributed by atoms with Gasteiger partial charge in [0.2, 0.25) is 0 Å². The van der Waals surface area contributed by atoms with Crippen molar-refractivity contribution in [2.24, 2.45) is 5.18 Å². The van der Waals surface area contributed by atoms with Crippen molar-refractivity contribution < 1.29 is 0 Å². The Kier molecular flexibility index (Phi) is 2.84. The fourth-order valence-corrected chi connectivity index (χ4v) is 1.63. The van der Waals surface area contributed by atoms with Crippen LogP contribution in [0.2, 0.25) is 5.02 Å². The first kappa shape index (κ1) is 10.3. The smallest absolute Gasteiger partial charge is 0.190 e. The Morgan fingerprint density at radius 3 is 2.87 bits per heavy atom. The first-order chi connectivity index (χ1) is 7.20. The van der Waals surface area contributed by atoms with Crippen molar-refractivity contribution in [2.75, 3.05) is 0 Å². The summed E-state index contributed by atoms with van der Waals surface area (Å²) < 4.78 is 0. The lowest BCUT2D eigenvalue weighted by molar-refractivity contribution is 1.01. The number of alkyl halides is 1. The summed E-state index contributed by atoms with van der Waals surface area (Å²) in [7, 11) is 0. The third-order valence-corrected chi connectivity index (χ3v) is 2.58. The van der Waals surface area contributed by atoms with Crippen molar-refractivity contribution in [1.82, 2.24) is 4.98 Å². The molecule has 0 fully saturated rings. The van der Waals surface area contributed by atoms with Gasteiger partial charge in [0.15, 0.2) is 5.50 Å². The van der Waals surface area contributed by atoms with Gasteiger partial charge in [-0.3, -0.25) is 4.98 Å². The Hall–Kier alpha value is -1.19. The maximum atomic E-state index is 10.3. The predicted molar refractivity (Wildman–Crippen MR) is 61.1 cm³/mol. The molecule has 2 aromatic rings. The predicted octanol–water partition coefficient (Wildman–Crippen LogP) is 3.89. The van der Waals surface area contributed by atoms with Crippen molar-refractivity contribution in [3.05, 3.63) is 46.0 Å². The van der Waals surface area contributed by atoms with Crippen LogP contribution in [0.1, 0.15) is 11.1 Å². The molecular weight excluding hydrogens is 235 g/mol. The highest BCUT2D eigenvalue weighted by atomic mass is 35.5. The van der Waals surface area contributed by atoms with Gasteiger partial charge in [-0.15, -0.1) is 4.91 Å². The molecule has 0 spiro atoms. The van der Waals surface area contributed by atoms with E-state index >= 15 is 0 Å². The molecule has 15 heavy (non-hydrogen) atoms. The quantitative estimate of drug-likeness (QED) is 0.454. The van der Waals surface area contributed by atoms with Crippen LogP contribution < -0.4 is 0 Å². The van der Waals surface area contributed by atoms with Crippen LogP contribution in [0.15, 0.2) is 35.6 Å². The number of fused-ring (bicyclic) bond motifs is 1. The maximum absolute atomic E-state index is 10.3. The van der Waals surface area contributed by atoms with Crippen LogP contribution in [-0.2, 0) is 0 Å². The highest BCUT2D eigenvalue weighted by molar-refractivity contribution is 6.31. The van der Waals surface area contributed by atoms with Gasteiger partial charge in [-0.25, -0.2) is 0 Å². The van der Waals surface area contributed by atoms with Crippen molar-refractivity contribution >= 4 is 34.1 Å². The van der Waals surface area contributed by atoms with Crippen LogP contribution in [0.25, 0.3) is 10.9 Å². The van der Waals surface area contributed by atoms with E-state index in [1.807, 2.05) is 0 Å². The highest BCUT2D eigenvalue weighted by Crippen LogP contribution is 2.25. The lowest BCUT2D eigenvalue weighted by Gasteiger charge is -2.03. The zero-order chi connectivity index (χ0) is 10.8. The molecule has 0 saturated carbocycles. The summed E-state index contributed by atoms with van der Waals surface area (Å²) in [6.07, 6.45) is 1.57. The molecule has 1 aromatic carbocycles. The molecule has 0 amide bonds. The normalized spacial score (nSPS) is 12.7. The van der Waals surface area contributed by atoms with E-state index in [0.29, 0.717) is 10.6 Å². The summed E-state index contributed by atoms with van der Waals surface area (Å²) in [5, 5.41) is 4.14. The molecule has 76 valence electrons. The Bertz CT molecular complexity index is 516. The molecule has 1 atom stereocenters. The van der Waals surface area contributed by atoms with E-state index in [9.17, 15) is 4.91 Å². The summed E-state index contributed by atoms with van der Waals surface area (Å²) >= 11 is 11.5. The number of hydrogen-bond donors (Lipinski definition) is 0. The van der Waals surface area contributed by atoms with Crippen molar-refractivity contribution in [3.63, 3.8) is 0 Å². The Balaban J connectivity index is 2.58. The molecule has 1 aromatic heterocycles. The molecular formula is C10H6Cl2N2O. The van der Waals surface area contributed by atoms with Crippen LogP contribution in [-0.4, -0.2) is 4.98 Å². The van der Waals surface area contributed by atoms with E-state index in [0.717, 1.165) is 10.9 Å².